The van der Waals surface area contributed by atoms with E-state index in [4.69, 9.17) is 9.47 Å². The maximum Gasteiger partial charge on any atom is 0.407 e. The smallest absolute Gasteiger partial charge is 0.407 e. The molecule has 2 atom stereocenters. The molecule has 10 heteroatoms. The van der Waals surface area contributed by atoms with Gasteiger partial charge in [-0.3, -0.25) is 9.59 Å². The van der Waals surface area contributed by atoms with Crippen LogP contribution in [0.1, 0.15) is 100 Å². The SMILES string of the molecule is CCNC(=O)CCCC[C@@H](NC(=O)OC(C)(C)C)[C@H](CCCCNC(=O)OC(C)(C)C)C(=O)NCC. The van der Waals surface area contributed by atoms with Crippen molar-refractivity contribution in [2.24, 2.45) is 5.92 Å². The van der Waals surface area contributed by atoms with E-state index < -0.39 is 35.3 Å². The first-order chi connectivity index (χ1) is 16.7. The second kappa shape index (κ2) is 17.0. The van der Waals surface area contributed by atoms with Crippen molar-refractivity contribution in [1.29, 1.82) is 0 Å². The van der Waals surface area contributed by atoms with Gasteiger partial charge in [0.05, 0.1) is 5.92 Å². The molecule has 0 radical (unpaired) electrons. The molecule has 4 amide bonds. The molecule has 0 aliphatic heterocycles. The molecule has 0 unspecified atom stereocenters. The molecule has 0 aromatic rings. The van der Waals surface area contributed by atoms with Crippen LogP contribution in [0.5, 0.6) is 0 Å². The highest BCUT2D eigenvalue weighted by molar-refractivity contribution is 5.80. The molecule has 0 aliphatic rings. The molecule has 0 fully saturated rings. The predicted octanol–water partition coefficient (Wildman–Crippen LogP) is 4.02. The Kier molecular flexibility index (Phi) is 15.8. The van der Waals surface area contributed by atoms with Crippen LogP contribution in [0.25, 0.3) is 0 Å². The Hall–Kier alpha value is -2.52. The van der Waals surface area contributed by atoms with E-state index in [1.54, 1.807) is 41.5 Å². The number of carbonyl (C=O) groups excluding carboxylic acids is 4. The second-order valence-electron chi connectivity index (χ2n) is 10.9. The number of ether oxygens (including phenoxy) is 2. The molecule has 0 aromatic carbocycles. The van der Waals surface area contributed by atoms with Crippen molar-refractivity contribution in [3.63, 3.8) is 0 Å². The first-order valence-corrected chi connectivity index (χ1v) is 13.2. The molecule has 0 bridgehead atoms. The molecule has 0 spiro atoms. The van der Waals surface area contributed by atoms with Gasteiger partial charge in [0.1, 0.15) is 11.2 Å². The minimum atomic E-state index is -0.665. The van der Waals surface area contributed by atoms with Crippen molar-refractivity contribution in [3.05, 3.63) is 0 Å². The van der Waals surface area contributed by atoms with Crippen LogP contribution in [0.4, 0.5) is 9.59 Å². The Bertz CT molecular complexity index is 685. The van der Waals surface area contributed by atoms with Gasteiger partial charge in [-0.15, -0.1) is 0 Å². The highest BCUT2D eigenvalue weighted by Gasteiger charge is 2.30. The minimum absolute atomic E-state index is 0.00749. The zero-order valence-electron chi connectivity index (χ0n) is 23.7. The third kappa shape index (κ3) is 17.8. The summed E-state index contributed by atoms with van der Waals surface area (Å²) >= 11 is 0. The van der Waals surface area contributed by atoms with Gasteiger partial charge in [-0.2, -0.15) is 0 Å². The normalized spacial score (nSPS) is 13.2. The zero-order chi connectivity index (χ0) is 27.8. The molecular weight excluding hydrogens is 464 g/mol. The van der Waals surface area contributed by atoms with Gasteiger partial charge in [0.2, 0.25) is 11.8 Å². The first-order valence-electron chi connectivity index (χ1n) is 13.2. The lowest BCUT2D eigenvalue weighted by molar-refractivity contribution is -0.126. The number of carbonyl (C=O) groups is 4. The summed E-state index contributed by atoms with van der Waals surface area (Å²) in [4.78, 5) is 49.1. The highest BCUT2D eigenvalue weighted by atomic mass is 16.6. The van der Waals surface area contributed by atoms with E-state index in [0.29, 0.717) is 64.6 Å². The lowest BCUT2D eigenvalue weighted by Gasteiger charge is -2.29. The summed E-state index contributed by atoms with van der Waals surface area (Å²) in [6.07, 6.45) is 3.07. The second-order valence-corrected chi connectivity index (χ2v) is 10.9. The van der Waals surface area contributed by atoms with Crippen LogP contribution >= 0.6 is 0 Å². The fraction of sp³-hybridized carbons (Fsp3) is 0.846. The number of rotatable bonds is 15. The van der Waals surface area contributed by atoms with Gasteiger partial charge in [0.25, 0.3) is 0 Å². The number of hydrogen-bond acceptors (Lipinski definition) is 6. The van der Waals surface area contributed by atoms with Crippen molar-refractivity contribution < 1.29 is 28.7 Å². The summed E-state index contributed by atoms with van der Waals surface area (Å²) in [6, 6.07) is -0.445. The standard InChI is InChI=1S/C26H50N4O6/c1-9-27-21(31)17-12-11-16-20(30-24(34)36-26(6,7)8)19(22(32)28-10-2)15-13-14-18-29-23(33)35-25(3,4)5/h19-20H,9-18H2,1-8H3,(H,27,31)(H,28,32)(H,29,33)(H,30,34)/t19-,20+/m0/s1. The van der Waals surface area contributed by atoms with Crippen LogP contribution in [0, 0.1) is 5.92 Å². The average Bonchev–Trinajstić information content (AvgIpc) is 2.70. The van der Waals surface area contributed by atoms with Crippen LogP contribution in [-0.2, 0) is 19.1 Å². The van der Waals surface area contributed by atoms with Crippen molar-refractivity contribution in [3.8, 4) is 0 Å². The minimum Gasteiger partial charge on any atom is -0.444 e. The summed E-state index contributed by atoms with van der Waals surface area (Å²) in [5, 5.41) is 11.3. The van der Waals surface area contributed by atoms with E-state index in [9.17, 15) is 19.2 Å². The van der Waals surface area contributed by atoms with E-state index >= 15 is 0 Å². The van der Waals surface area contributed by atoms with Crippen molar-refractivity contribution in [2.45, 2.75) is 118 Å². The van der Waals surface area contributed by atoms with Crippen molar-refractivity contribution >= 4 is 24.0 Å². The van der Waals surface area contributed by atoms with Crippen molar-refractivity contribution in [2.75, 3.05) is 19.6 Å². The van der Waals surface area contributed by atoms with Crippen LogP contribution in [0.3, 0.4) is 0 Å². The monoisotopic (exact) mass is 514 g/mol. The van der Waals surface area contributed by atoms with Crippen LogP contribution in [0.15, 0.2) is 0 Å². The molecule has 210 valence electrons. The van der Waals surface area contributed by atoms with Gasteiger partial charge in [0, 0.05) is 32.1 Å². The van der Waals surface area contributed by atoms with E-state index in [0.717, 1.165) is 0 Å². The van der Waals surface area contributed by atoms with Gasteiger partial charge in [-0.1, -0.05) is 12.8 Å². The first kappa shape index (κ1) is 33.5. The van der Waals surface area contributed by atoms with Crippen molar-refractivity contribution in [1.82, 2.24) is 21.3 Å². The molecule has 0 aliphatic carbocycles. The van der Waals surface area contributed by atoms with Crippen LogP contribution < -0.4 is 21.3 Å². The fourth-order valence-electron chi connectivity index (χ4n) is 3.58. The Morgan fingerprint density at radius 3 is 1.81 bits per heavy atom. The fourth-order valence-corrected chi connectivity index (χ4v) is 3.58. The lowest BCUT2D eigenvalue weighted by Crippen LogP contribution is -2.48. The maximum atomic E-state index is 12.9. The summed E-state index contributed by atoms with van der Waals surface area (Å²) < 4.78 is 10.7. The van der Waals surface area contributed by atoms with Crippen LogP contribution in [0.2, 0.25) is 0 Å². The van der Waals surface area contributed by atoms with E-state index in [1.807, 2.05) is 13.8 Å². The molecule has 0 saturated carbocycles. The van der Waals surface area contributed by atoms with Gasteiger partial charge >= 0.3 is 12.2 Å². The molecule has 0 heterocycles. The van der Waals surface area contributed by atoms with E-state index in [1.165, 1.54) is 0 Å². The largest absolute Gasteiger partial charge is 0.444 e. The van der Waals surface area contributed by atoms with Gasteiger partial charge < -0.3 is 30.7 Å². The Morgan fingerprint density at radius 1 is 0.694 bits per heavy atom. The van der Waals surface area contributed by atoms with E-state index in [-0.39, 0.29) is 11.8 Å². The summed E-state index contributed by atoms with van der Waals surface area (Å²) in [5.41, 5.74) is -1.23. The summed E-state index contributed by atoms with van der Waals surface area (Å²) in [6.45, 7) is 16.0. The van der Waals surface area contributed by atoms with Crippen LogP contribution in [-0.4, -0.2) is 60.9 Å². The zero-order valence-corrected chi connectivity index (χ0v) is 23.7. The Balaban J connectivity index is 5.16. The maximum absolute atomic E-state index is 12.9. The predicted molar refractivity (Wildman–Crippen MR) is 141 cm³/mol. The van der Waals surface area contributed by atoms with Gasteiger partial charge in [0.15, 0.2) is 0 Å². The summed E-state index contributed by atoms with van der Waals surface area (Å²) in [7, 11) is 0. The average molecular weight is 515 g/mol. The molecule has 10 nitrogen and oxygen atoms in total. The number of unbranched alkanes of at least 4 members (excludes halogenated alkanes) is 2. The lowest BCUT2D eigenvalue weighted by atomic mass is 9.89. The van der Waals surface area contributed by atoms with Gasteiger partial charge in [-0.25, -0.2) is 9.59 Å². The van der Waals surface area contributed by atoms with Gasteiger partial charge in [-0.05, 0) is 81.1 Å². The molecule has 4 N–H and O–H groups in total. The third-order valence-corrected chi connectivity index (χ3v) is 5.03. The number of hydrogen-bond donors (Lipinski definition) is 4. The Morgan fingerprint density at radius 2 is 1.25 bits per heavy atom. The number of amides is 4. The van der Waals surface area contributed by atoms with E-state index in [2.05, 4.69) is 21.3 Å². The number of nitrogens with one attached hydrogen (secondary N) is 4. The quantitative estimate of drug-likeness (QED) is 0.244. The third-order valence-electron chi connectivity index (χ3n) is 5.03. The molecule has 36 heavy (non-hydrogen) atoms. The molecule has 0 aromatic heterocycles. The summed E-state index contributed by atoms with van der Waals surface area (Å²) in [5.74, 6) is -0.613. The number of alkyl carbamates (subject to hydrolysis) is 2. The Labute approximate surface area is 217 Å². The topological polar surface area (TPSA) is 135 Å². The molecular formula is C26H50N4O6. The molecule has 0 saturated heterocycles. The highest BCUT2D eigenvalue weighted by Crippen LogP contribution is 2.20. The molecule has 0 rings (SSSR count).